The molecule has 3 aromatic rings. The Morgan fingerprint density at radius 2 is 1.53 bits per heavy atom. The molecule has 4 aliphatic rings. The number of hydrogen-bond acceptors (Lipinski definition) is 13. The lowest BCUT2D eigenvalue weighted by molar-refractivity contribution is -0.136. The average molecular weight is 924 g/mol. The minimum absolute atomic E-state index is 0.0335. The van der Waals surface area contributed by atoms with Crippen molar-refractivity contribution in [2.75, 3.05) is 59.5 Å². The number of ether oxygens (including phenoxy) is 7. The number of Topliss-reactive ketones (excluding diaryl/α,β-unsaturated/α-hetero) is 1. The highest BCUT2D eigenvalue weighted by atomic mass is 35.5. The fraction of sp³-hybridized carbons (Fsp3) is 0.347. The second-order valence-corrected chi connectivity index (χ2v) is 16.3. The molecule has 346 valence electrons. The van der Waals surface area contributed by atoms with Gasteiger partial charge >= 0.3 is 0 Å². The van der Waals surface area contributed by atoms with Gasteiger partial charge in [0.15, 0.2) is 5.78 Å². The van der Waals surface area contributed by atoms with Gasteiger partial charge in [0.25, 0.3) is 11.8 Å². The van der Waals surface area contributed by atoms with Crippen LogP contribution in [-0.2, 0) is 28.5 Å². The Labute approximate surface area is 386 Å². The highest BCUT2D eigenvalue weighted by Gasteiger charge is 2.46. The smallest absolute Gasteiger partial charge is 0.266 e. The molecule has 2 atom stereocenters. The van der Waals surface area contributed by atoms with Crippen molar-refractivity contribution < 1.29 is 61.9 Å². The third kappa shape index (κ3) is 10.3. The Kier molecular flexibility index (Phi) is 14.9. The van der Waals surface area contributed by atoms with Crippen LogP contribution in [0.4, 0.5) is 0 Å². The van der Waals surface area contributed by atoms with Crippen LogP contribution in [0.25, 0.3) is 16.7 Å². The van der Waals surface area contributed by atoms with Crippen LogP contribution in [0, 0.1) is 5.41 Å². The van der Waals surface area contributed by atoms with Gasteiger partial charge in [0, 0.05) is 39.8 Å². The van der Waals surface area contributed by atoms with Gasteiger partial charge < -0.3 is 38.9 Å². The molecule has 17 heteroatoms. The SMILES string of the molecule is C=C1C=C(C2(C)CC=C(OCCOCCOCCOCCOc3cccc4c3C(=O)N(C3CCC(=O)NC3=O)C4=O)C=C2Cl)Oc2cc(OCC)c(-c3cc(C(C)=O)cc(C(N)=O)c3)cc21. The van der Waals surface area contributed by atoms with Crippen LogP contribution in [0.5, 0.6) is 17.2 Å². The molecule has 3 heterocycles. The minimum Gasteiger partial charge on any atom is -0.493 e. The number of benzene rings is 3. The molecule has 16 nitrogen and oxygen atoms in total. The number of carbonyl (C=O) groups is 6. The molecule has 0 saturated carbocycles. The van der Waals surface area contributed by atoms with Crippen molar-refractivity contribution in [3.8, 4) is 28.4 Å². The maximum atomic E-state index is 13.2. The summed E-state index contributed by atoms with van der Waals surface area (Å²) in [6.07, 6.45) is 6.15. The van der Waals surface area contributed by atoms with Crippen molar-refractivity contribution >= 4 is 52.5 Å². The van der Waals surface area contributed by atoms with E-state index in [1.165, 1.54) is 19.1 Å². The maximum absolute atomic E-state index is 13.2. The van der Waals surface area contributed by atoms with Crippen LogP contribution < -0.4 is 25.3 Å². The molecular weight excluding hydrogens is 874 g/mol. The van der Waals surface area contributed by atoms with Crippen molar-refractivity contribution in [3.05, 3.63) is 118 Å². The van der Waals surface area contributed by atoms with Gasteiger partial charge in [-0.05, 0) is 99.4 Å². The number of halogens is 1. The molecule has 0 bridgehead atoms. The number of imide groups is 2. The predicted molar refractivity (Wildman–Crippen MR) is 241 cm³/mol. The molecule has 5 amide bonds. The van der Waals surface area contributed by atoms with Gasteiger partial charge in [0.05, 0.1) is 62.8 Å². The Morgan fingerprint density at radius 1 is 0.848 bits per heavy atom. The number of fused-ring (bicyclic) bond motifs is 2. The third-order valence-corrected chi connectivity index (χ3v) is 11.9. The summed E-state index contributed by atoms with van der Waals surface area (Å²) in [6, 6.07) is 12.1. The van der Waals surface area contributed by atoms with Crippen LogP contribution >= 0.6 is 11.6 Å². The number of nitrogens with zero attached hydrogens (tertiary/aromatic N) is 1. The van der Waals surface area contributed by atoms with Crippen LogP contribution in [0.2, 0.25) is 0 Å². The maximum Gasteiger partial charge on any atom is 0.266 e. The molecule has 1 saturated heterocycles. The van der Waals surface area contributed by atoms with Crippen LogP contribution in [0.1, 0.15) is 87.0 Å². The van der Waals surface area contributed by atoms with E-state index in [2.05, 4.69) is 11.9 Å². The summed E-state index contributed by atoms with van der Waals surface area (Å²) in [6.45, 7) is 12.1. The summed E-state index contributed by atoms with van der Waals surface area (Å²) >= 11 is 6.93. The minimum atomic E-state index is -1.06. The molecular formula is C49H50ClN3O13. The predicted octanol–water partition coefficient (Wildman–Crippen LogP) is 6.31. The summed E-state index contributed by atoms with van der Waals surface area (Å²) < 4.78 is 41.1. The summed E-state index contributed by atoms with van der Waals surface area (Å²) in [7, 11) is 0. The number of rotatable bonds is 21. The van der Waals surface area contributed by atoms with E-state index in [0.717, 1.165) is 4.90 Å². The number of ketones is 1. The third-order valence-electron chi connectivity index (χ3n) is 11.4. The zero-order valence-electron chi connectivity index (χ0n) is 36.8. The van der Waals surface area contributed by atoms with E-state index >= 15 is 0 Å². The number of amides is 5. The summed E-state index contributed by atoms with van der Waals surface area (Å²) in [5.41, 5.74) is 8.29. The molecule has 3 aliphatic heterocycles. The molecule has 0 aromatic heterocycles. The second kappa shape index (κ2) is 20.7. The average Bonchev–Trinajstić information content (AvgIpc) is 3.54. The first kappa shape index (κ1) is 47.4. The van der Waals surface area contributed by atoms with Gasteiger partial charge in [0.2, 0.25) is 17.7 Å². The number of piperidine rings is 1. The molecule has 1 aliphatic carbocycles. The van der Waals surface area contributed by atoms with Crippen molar-refractivity contribution in [2.24, 2.45) is 11.1 Å². The van der Waals surface area contributed by atoms with Crippen molar-refractivity contribution in [1.29, 1.82) is 0 Å². The summed E-state index contributed by atoms with van der Waals surface area (Å²) in [5.74, 6) is -0.804. The van der Waals surface area contributed by atoms with E-state index < -0.39 is 41.0 Å². The van der Waals surface area contributed by atoms with Crippen molar-refractivity contribution in [3.63, 3.8) is 0 Å². The Balaban J connectivity index is 0.808. The quantitative estimate of drug-likeness (QED) is 0.0684. The van der Waals surface area contributed by atoms with Gasteiger partial charge in [-0.3, -0.25) is 39.0 Å². The molecule has 7 rings (SSSR count). The largest absolute Gasteiger partial charge is 0.493 e. The molecule has 66 heavy (non-hydrogen) atoms. The first-order valence-electron chi connectivity index (χ1n) is 21.5. The van der Waals surface area contributed by atoms with Gasteiger partial charge in [-0.1, -0.05) is 24.2 Å². The number of allylic oxidation sites excluding steroid dienone is 5. The fourth-order valence-corrected chi connectivity index (χ4v) is 8.10. The Bertz CT molecular complexity index is 2550. The van der Waals surface area contributed by atoms with Crippen LogP contribution in [-0.4, -0.2) is 106 Å². The monoisotopic (exact) mass is 923 g/mol. The Morgan fingerprint density at radius 3 is 2.18 bits per heavy atom. The van der Waals surface area contributed by atoms with Gasteiger partial charge in [0.1, 0.15) is 48.0 Å². The number of primary amides is 1. The van der Waals surface area contributed by atoms with Gasteiger partial charge in [-0.15, -0.1) is 0 Å². The molecule has 0 spiro atoms. The van der Waals surface area contributed by atoms with Gasteiger partial charge in [-0.2, -0.15) is 0 Å². The molecule has 3 N–H and O–H groups in total. The van der Waals surface area contributed by atoms with Crippen molar-refractivity contribution in [1.82, 2.24) is 10.2 Å². The number of nitrogens with one attached hydrogen (secondary N) is 1. The van der Waals surface area contributed by atoms with E-state index in [4.69, 9.17) is 50.5 Å². The number of carbonyl (C=O) groups excluding carboxylic acids is 6. The lowest BCUT2D eigenvalue weighted by atomic mass is 9.79. The molecule has 1 fully saturated rings. The number of hydrogen-bond donors (Lipinski definition) is 2. The highest BCUT2D eigenvalue weighted by molar-refractivity contribution is 6.30. The standard InChI is InChI=1S/C49H50ClN3O13/c1-5-63-39-27-40-35(26-36(39)31-22-30(29(3)54)23-32(24-31)45(51)56)28(2)21-42(66-40)49(4)12-11-33(25-41(49)50)64-19-17-61-15-13-60-14-16-62-18-20-65-38-8-6-7-34-44(38)48(59)53(47(34)58)37-9-10-43(55)52-46(37)57/h6-8,11,21-27,37H,2,5,9-10,12-20H2,1,3-4H3,(H2,51,56)(H,52,55,57). The highest BCUT2D eigenvalue weighted by Crippen LogP contribution is 2.50. The number of nitrogens with two attached hydrogens (primary N) is 1. The lowest BCUT2D eigenvalue weighted by Crippen LogP contribution is -2.54. The van der Waals surface area contributed by atoms with E-state index in [1.54, 1.807) is 36.4 Å². The van der Waals surface area contributed by atoms with Gasteiger partial charge in [-0.25, -0.2) is 0 Å². The topological polar surface area (TPSA) is 208 Å². The van der Waals surface area contributed by atoms with Crippen molar-refractivity contribution in [2.45, 2.75) is 46.1 Å². The van der Waals surface area contributed by atoms with E-state index in [0.29, 0.717) is 95.3 Å². The second-order valence-electron chi connectivity index (χ2n) is 15.9. The zero-order valence-corrected chi connectivity index (χ0v) is 37.6. The van der Waals surface area contributed by atoms with Crippen LogP contribution in [0.15, 0.2) is 89.9 Å². The first-order chi connectivity index (χ1) is 31.7. The van der Waals surface area contributed by atoms with Crippen LogP contribution in [0.3, 0.4) is 0 Å². The van der Waals surface area contributed by atoms with E-state index in [1.807, 2.05) is 32.1 Å². The summed E-state index contributed by atoms with van der Waals surface area (Å²) in [4.78, 5) is 75.5. The van der Waals surface area contributed by atoms with E-state index in [9.17, 15) is 28.8 Å². The molecule has 0 radical (unpaired) electrons. The zero-order chi connectivity index (χ0) is 47.1. The lowest BCUT2D eigenvalue weighted by Gasteiger charge is -2.36. The first-order valence-corrected chi connectivity index (χ1v) is 21.9. The molecule has 2 unspecified atom stereocenters. The summed E-state index contributed by atoms with van der Waals surface area (Å²) in [5, 5.41) is 2.70. The normalized spacial score (nSPS) is 19.0. The molecule has 3 aromatic carbocycles. The Hall–Kier alpha value is -6.59. The van der Waals surface area contributed by atoms with E-state index in [-0.39, 0.29) is 67.5 Å². The fourth-order valence-electron chi connectivity index (χ4n) is 7.82.